The minimum atomic E-state index is -2.15. The average Bonchev–Trinajstić information content (AvgIpc) is 2.57. The SMILES string of the molecule is CC(C)(C)[Si](C)(C)OC[C@H]1O[C@@H](O)C(Cl)(Cl)C1O[Si](C)(C)C(C)(C)C. The molecule has 8 heteroatoms. The first-order chi connectivity index (χ1) is 10.8. The number of aliphatic hydroxyl groups is 1. The minimum absolute atomic E-state index is 0.00472. The van der Waals surface area contributed by atoms with Gasteiger partial charge in [-0.25, -0.2) is 0 Å². The molecule has 0 aromatic carbocycles. The topological polar surface area (TPSA) is 47.9 Å². The van der Waals surface area contributed by atoms with Crippen molar-refractivity contribution >= 4 is 39.8 Å². The molecule has 25 heavy (non-hydrogen) atoms. The average molecular weight is 432 g/mol. The maximum absolute atomic E-state index is 10.2. The van der Waals surface area contributed by atoms with Crippen LogP contribution in [0.2, 0.25) is 36.3 Å². The van der Waals surface area contributed by atoms with Gasteiger partial charge >= 0.3 is 0 Å². The van der Waals surface area contributed by atoms with E-state index in [1.54, 1.807) is 0 Å². The van der Waals surface area contributed by atoms with Crippen LogP contribution in [0.25, 0.3) is 0 Å². The van der Waals surface area contributed by atoms with Gasteiger partial charge in [0.05, 0.1) is 6.61 Å². The summed E-state index contributed by atoms with van der Waals surface area (Å²) in [5.41, 5.74) is 0. The molecule has 150 valence electrons. The molecule has 4 nitrogen and oxygen atoms in total. The van der Waals surface area contributed by atoms with E-state index in [-0.39, 0.29) is 10.1 Å². The Morgan fingerprint density at radius 3 is 1.80 bits per heavy atom. The molecule has 0 radical (unpaired) electrons. The zero-order valence-corrected chi connectivity index (χ0v) is 20.9. The van der Waals surface area contributed by atoms with Gasteiger partial charge in [-0.1, -0.05) is 64.7 Å². The minimum Gasteiger partial charge on any atom is -0.414 e. The van der Waals surface area contributed by atoms with Crippen molar-refractivity contribution < 1.29 is 18.7 Å². The first kappa shape index (κ1) is 23.9. The predicted molar refractivity (Wildman–Crippen MR) is 111 cm³/mol. The van der Waals surface area contributed by atoms with Crippen molar-refractivity contribution in [2.24, 2.45) is 0 Å². The summed E-state index contributed by atoms with van der Waals surface area (Å²) in [7, 11) is -4.10. The second-order valence-electron chi connectivity index (χ2n) is 10.1. The van der Waals surface area contributed by atoms with E-state index >= 15 is 0 Å². The Labute approximate surface area is 165 Å². The number of hydrogen-bond acceptors (Lipinski definition) is 4. The third-order valence-corrected chi connectivity index (χ3v) is 15.8. The highest BCUT2D eigenvalue weighted by Gasteiger charge is 2.58. The Morgan fingerprint density at radius 2 is 1.40 bits per heavy atom. The smallest absolute Gasteiger partial charge is 0.195 e. The van der Waals surface area contributed by atoms with E-state index in [9.17, 15) is 5.11 Å². The van der Waals surface area contributed by atoms with E-state index in [0.717, 1.165) is 0 Å². The van der Waals surface area contributed by atoms with E-state index < -0.39 is 39.5 Å². The fraction of sp³-hybridized carbons (Fsp3) is 1.00. The Hall–Kier alpha value is 0.854. The van der Waals surface area contributed by atoms with Gasteiger partial charge in [-0.3, -0.25) is 0 Å². The molecule has 1 aliphatic heterocycles. The summed E-state index contributed by atoms with van der Waals surface area (Å²) in [6, 6.07) is 0. The molecule has 0 aromatic rings. The Balaban J connectivity index is 2.98. The summed E-state index contributed by atoms with van der Waals surface area (Å²) >= 11 is 12.8. The number of halogens is 2. The van der Waals surface area contributed by atoms with Crippen molar-refractivity contribution in [2.75, 3.05) is 6.61 Å². The molecule has 1 N–H and O–H groups in total. The highest BCUT2D eigenvalue weighted by Crippen LogP contribution is 2.47. The zero-order chi connectivity index (χ0) is 20.1. The fourth-order valence-electron chi connectivity index (χ4n) is 2.00. The van der Waals surface area contributed by atoms with Crippen LogP contribution in [0.5, 0.6) is 0 Å². The van der Waals surface area contributed by atoms with Gasteiger partial charge in [-0.05, 0) is 36.3 Å². The van der Waals surface area contributed by atoms with Crippen LogP contribution in [0.15, 0.2) is 0 Å². The molecule has 1 rings (SSSR count). The quantitative estimate of drug-likeness (QED) is 0.475. The van der Waals surface area contributed by atoms with E-state index in [1.165, 1.54) is 0 Å². The monoisotopic (exact) mass is 430 g/mol. The van der Waals surface area contributed by atoms with Gasteiger partial charge in [0.2, 0.25) is 0 Å². The summed E-state index contributed by atoms with van der Waals surface area (Å²) in [5, 5.41) is 10.3. The third kappa shape index (κ3) is 5.22. The molecule has 1 fully saturated rings. The van der Waals surface area contributed by atoms with E-state index in [0.29, 0.717) is 6.61 Å². The predicted octanol–water partition coefficient (Wildman–Crippen LogP) is 5.29. The van der Waals surface area contributed by atoms with Gasteiger partial charge in [-0.15, -0.1) is 0 Å². The van der Waals surface area contributed by atoms with Crippen LogP contribution < -0.4 is 0 Å². The van der Waals surface area contributed by atoms with Crippen molar-refractivity contribution in [1.82, 2.24) is 0 Å². The molecule has 0 aromatic heterocycles. The Bertz CT molecular complexity index is 470. The van der Waals surface area contributed by atoms with Crippen molar-refractivity contribution in [2.45, 2.75) is 101 Å². The Kier molecular flexibility index (Phi) is 7.03. The van der Waals surface area contributed by atoms with Crippen LogP contribution in [-0.2, 0) is 13.6 Å². The molecular formula is C17H36Cl2O4Si2. The molecule has 0 amide bonds. The van der Waals surface area contributed by atoms with Gasteiger partial charge in [0, 0.05) is 0 Å². The first-order valence-corrected chi connectivity index (χ1v) is 15.4. The maximum atomic E-state index is 10.2. The second-order valence-corrected chi connectivity index (χ2v) is 21.1. The van der Waals surface area contributed by atoms with Crippen molar-refractivity contribution in [3.8, 4) is 0 Å². The molecule has 1 saturated heterocycles. The zero-order valence-electron chi connectivity index (χ0n) is 17.4. The van der Waals surface area contributed by atoms with Crippen LogP contribution in [0, 0.1) is 0 Å². The van der Waals surface area contributed by atoms with Gasteiger partial charge in [-0.2, -0.15) is 0 Å². The summed E-state index contributed by atoms with van der Waals surface area (Å²) in [6.45, 7) is 21.9. The van der Waals surface area contributed by atoms with Crippen LogP contribution in [0.3, 0.4) is 0 Å². The highest BCUT2D eigenvalue weighted by atomic mass is 35.5. The second kappa shape index (κ2) is 7.35. The Morgan fingerprint density at radius 1 is 0.960 bits per heavy atom. The van der Waals surface area contributed by atoms with E-state index in [4.69, 9.17) is 36.8 Å². The standard InChI is InChI=1S/C17H36Cl2O4Si2/c1-15(2,3)24(7,8)21-11-12-13(17(18,19)14(20)22-12)23-25(9,10)16(4,5)6/h12-14,20H,11H2,1-10H3/t12-,13?,14-/m1/s1. The van der Waals surface area contributed by atoms with Gasteiger partial charge in [0.1, 0.15) is 12.2 Å². The number of ether oxygens (including phenoxy) is 1. The lowest BCUT2D eigenvalue weighted by Gasteiger charge is -2.42. The van der Waals surface area contributed by atoms with Crippen molar-refractivity contribution in [1.29, 1.82) is 0 Å². The maximum Gasteiger partial charge on any atom is 0.195 e. The first-order valence-electron chi connectivity index (χ1n) is 8.86. The number of hydrogen-bond donors (Lipinski definition) is 1. The normalized spacial score (nSPS) is 28.4. The van der Waals surface area contributed by atoms with Crippen LogP contribution in [-0.4, -0.2) is 51.2 Å². The number of alkyl halides is 2. The molecule has 0 spiro atoms. The molecule has 0 bridgehead atoms. The van der Waals surface area contributed by atoms with Gasteiger partial charge in [0.15, 0.2) is 27.3 Å². The van der Waals surface area contributed by atoms with E-state index in [1.807, 2.05) is 0 Å². The van der Waals surface area contributed by atoms with Crippen molar-refractivity contribution in [3.05, 3.63) is 0 Å². The molecule has 1 heterocycles. The van der Waals surface area contributed by atoms with Crippen LogP contribution >= 0.6 is 23.2 Å². The molecule has 1 unspecified atom stereocenters. The largest absolute Gasteiger partial charge is 0.414 e. The highest BCUT2D eigenvalue weighted by molar-refractivity contribution is 6.74. The number of aliphatic hydroxyl groups excluding tert-OH is 1. The fourth-order valence-corrected chi connectivity index (χ4v) is 4.96. The molecule has 0 saturated carbocycles. The molecule has 3 atom stereocenters. The summed E-state index contributed by atoms with van der Waals surface area (Å²) in [4.78, 5) is 0. The molecule has 0 aliphatic carbocycles. The summed E-state index contributed by atoms with van der Waals surface area (Å²) in [6.07, 6.45) is -2.41. The van der Waals surface area contributed by atoms with Gasteiger partial charge in [0.25, 0.3) is 0 Å². The van der Waals surface area contributed by atoms with Crippen molar-refractivity contribution in [3.63, 3.8) is 0 Å². The van der Waals surface area contributed by atoms with Gasteiger partial charge < -0.3 is 18.7 Å². The summed E-state index contributed by atoms with van der Waals surface area (Å²) in [5.74, 6) is 0. The van der Waals surface area contributed by atoms with E-state index in [2.05, 4.69) is 67.7 Å². The molecule has 1 aliphatic rings. The lowest BCUT2D eigenvalue weighted by atomic mass is 10.2. The number of rotatable bonds is 5. The summed E-state index contributed by atoms with van der Waals surface area (Å²) < 4.78 is 16.8. The van der Waals surface area contributed by atoms with Crippen LogP contribution in [0.4, 0.5) is 0 Å². The third-order valence-electron chi connectivity index (χ3n) is 5.99. The lowest BCUT2D eigenvalue weighted by Crippen LogP contribution is -2.52. The molecular weight excluding hydrogens is 395 g/mol. The van der Waals surface area contributed by atoms with Crippen LogP contribution in [0.1, 0.15) is 41.5 Å². The lowest BCUT2D eigenvalue weighted by molar-refractivity contribution is -0.107.